The van der Waals surface area contributed by atoms with E-state index >= 15 is 0 Å². The molecular weight excluding hydrogens is 535 g/mol. The van der Waals surface area contributed by atoms with Gasteiger partial charge in [-0.15, -0.1) is 0 Å². The predicted molar refractivity (Wildman–Crippen MR) is 124 cm³/mol. The Morgan fingerprint density at radius 2 is 1.81 bits per heavy atom. The van der Waals surface area contributed by atoms with Gasteiger partial charge in [-0.25, -0.2) is 0 Å². The van der Waals surface area contributed by atoms with Crippen molar-refractivity contribution in [1.29, 1.82) is 0 Å². The molecule has 0 fully saturated rings. The number of thioether (sulfide) groups is 1. The molecule has 0 aliphatic carbocycles. The standard InChI is InChI=1S/C21H16BrIN2OS/c22-18-12-16(21-25-24-20(27-21)15-4-2-1-3-5-15)8-11-19(18)26-13-14-6-9-17(23)10-7-14/h1-12,21,25H,13H2/t21-/m1/s1. The molecule has 0 aromatic heterocycles. The summed E-state index contributed by atoms with van der Waals surface area (Å²) in [6.07, 6.45) is 0. The summed E-state index contributed by atoms with van der Waals surface area (Å²) in [4.78, 5) is 0. The number of ether oxygens (including phenoxy) is 1. The first-order valence-electron chi connectivity index (χ1n) is 8.41. The van der Waals surface area contributed by atoms with Crippen molar-refractivity contribution in [2.75, 3.05) is 0 Å². The summed E-state index contributed by atoms with van der Waals surface area (Å²) in [5.41, 5.74) is 6.66. The van der Waals surface area contributed by atoms with Crippen LogP contribution in [0.3, 0.4) is 0 Å². The summed E-state index contributed by atoms with van der Waals surface area (Å²) >= 11 is 7.66. The highest BCUT2D eigenvalue weighted by atomic mass is 127. The van der Waals surface area contributed by atoms with E-state index in [1.165, 1.54) is 3.57 Å². The van der Waals surface area contributed by atoms with E-state index in [9.17, 15) is 0 Å². The van der Waals surface area contributed by atoms with Gasteiger partial charge in [-0.05, 0) is 73.9 Å². The molecule has 0 saturated carbocycles. The highest BCUT2D eigenvalue weighted by Crippen LogP contribution is 2.37. The molecule has 0 radical (unpaired) electrons. The first-order valence-corrected chi connectivity index (χ1v) is 11.2. The lowest BCUT2D eigenvalue weighted by Crippen LogP contribution is -2.06. The number of hydrazone groups is 1. The molecule has 3 nitrogen and oxygen atoms in total. The lowest BCUT2D eigenvalue weighted by Gasteiger charge is -2.13. The molecule has 4 rings (SSSR count). The van der Waals surface area contributed by atoms with Crippen LogP contribution in [0.5, 0.6) is 5.75 Å². The van der Waals surface area contributed by atoms with Gasteiger partial charge in [0.15, 0.2) is 0 Å². The average molecular weight is 551 g/mol. The van der Waals surface area contributed by atoms with Crippen LogP contribution in [0.15, 0.2) is 82.4 Å². The number of benzene rings is 3. The normalized spacial score (nSPS) is 15.9. The minimum Gasteiger partial charge on any atom is -0.488 e. The number of hydrogen-bond acceptors (Lipinski definition) is 4. The molecule has 3 aromatic rings. The maximum atomic E-state index is 5.97. The zero-order valence-electron chi connectivity index (χ0n) is 14.2. The molecular formula is C21H16BrIN2OS. The molecule has 6 heteroatoms. The van der Waals surface area contributed by atoms with E-state index in [4.69, 9.17) is 4.74 Å². The number of rotatable bonds is 5. The Morgan fingerprint density at radius 1 is 1.04 bits per heavy atom. The zero-order valence-corrected chi connectivity index (χ0v) is 18.8. The summed E-state index contributed by atoms with van der Waals surface area (Å²) in [6.45, 7) is 0.548. The van der Waals surface area contributed by atoms with Crippen LogP contribution in [0, 0.1) is 3.57 Å². The highest BCUT2D eigenvalue weighted by molar-refractivity contribution is 14.1. The highest BCUT2D eigenvalue weighted by Gasteiger charge is 2.22. The molecule has 0 spiro atoms. The molecule has 0 unspecified atom stereocenters. The van der Waals surface area contributed by atoms with Gasteiger partial charge in [0.25, 0.3) is 0 Å². The molecule has 0 saturated heterocycles. The van der Waals surface area contributed by atoms with Crippen LogP contribution in [-0.2, 0) is 6.61 Å². The van der Waals surface area contributed by atoms with E-state index in [1.807, 2.05) is 24.3 Å². The van der Waals surface area contributed by atoms with Crippen molar-refractivity contribution < 1.29 is 4.74 Å². The van der Waals surface area contributed by atoms with Gasteiger partial charge >= 0.3 is 0 Å². The number of nitrogens with one attached hydrogen (secondary N) is 1. The fourth-order valence-electron chi connectivity index (χ4n) is 2.68. The number of halogens is 2. The van der Waals surface area contributed by atoms with Gasteiger partial charge in [0.1, 0.15) is 22.8 Å². The lowest BCUT2D eigenvalue weighted by molar-refractivity contribution is 0.304. The Balaban J connectivity index is 1.41. The van der Waals surface area contributed by atoms with Gasteiger partial charge < -0.3 is 4.74 Å². The Hall–Kier alpha value is -1.51. The van der Waals surface area contributed by atoms with E-state index in [0.717, 1.165) is 32.0 Å². The third-order valence-corrected chi connectivity index (χ3v) is 6.60. The van der Waals surface area contributed by atoms with Crippen molar-refractivity contribution >= 4 is 55.3 Å². The van der Waals surface area contributed by atoms with Crippen LogP contribution in [0.1, 0.15) is 22.1 Å². The first-order chi connectivity index (χ1) is 13.2. The molecule has 136 valence electrons. The maximum absolute atomic E-state index is 5.97. The lowest BCUT2D eigenvalue weighted by atomic mass is 10.2. The van der Waals surface area contributed by atoms with Crippen LogP contribution in [0.2, 0.25) is 0 Å². The van der Waals surface area contributed by atoms with Gasteiger partial charge in [-0.1, -0.05) is 60.3 Å². The summed E-state index contributed by atoms with van der Waals surface area (Å²) < 4.78 is 8.13. The second-order valence-electron chi connectivity index (χ2n) is 6.01. The SMILES string of the molecule is Brc1cc([C@@H]2NN=C(c3ccccc3)S2)ccc1OCc1ccc(I)cc1. The van der Waals surface area contributed by atoms with E-state index in [2.05, 4.69) is 97.6 Å². The van der Waals surface area contributed by atoms with E-state index in [1.54, 1.807) is 11.8 Å². The van der Waals surface area contributed by atoms with Gasteiger partial charge in [0.05, 0.1) is 4.47 Å². The maximum Gasteiger partial charge on any atom is 0.134 e. The topological polar surface area (TPSA) is 33.6 Å². The van der Waals surface area contributed by atoms with Crippen molar-refractivity contribution in [3.05, 3.63) is 97.5 Å². The van der Waals surface area contributed by atoms with E-state index < -0.39 is 0 Å². The Labute approximate surface area is 184 Å². The van der Waals surface area contributed by atoms with Crippen molar-refractivity contribution in [1.82, 2.24) is 5.43 Å². The molecule has 1 aliphatic rings. The Kier molecular flexibility index (Phi) is 6.04. The minimum absolute atomic E-state index is 0.0988. The quantitative estimate of drug-likeness (QED) is 0.377. The number of hydrogen-bond donors (Lipinski definition) is 1. The summed E-state index contributed by atoms with van der Waals surface area (Å²) in [5, 5.41) is 5.59. The largest absolute Gasteiger partial charge is 0.488 e. The van der Waals surface area contributed by atoms with Gasteiger partial charge in [0, 0.05) is 9.13 Å². The Morgan fingerprint density at radius 3 is 2.56 bits per heavy atom. The third-order valence-electron chi connectivity index (χ3n) is 4.10. The van der Waals surface area contributed by atoms with Crippen molar-refractivity contribution in [2.24, 2.45) is 5.10 Å². The minimum atomic E-state index is 0.0988. The molecule has 1 N–H and O–H groups in total. The summed E-state index contributed by atoms with van der Waals surface area (Å²) in [7, 11) is 0. The van der Waals surface area contributed by atoms with E-state index in [0.29, 0.717) is 6.61 Å². The van der Waals surface area contributed by atoms with Gasteiger partial charge in [0.2, 0.25) is 0 Å². The summed E-state index contributed by atoms with van der Waals surface area (Å²) in [5.74, 6) is 0.837. The molecule has 3 aromatic carbocycles. The second kappa shape index (κ2) is 8.67. The molecule has 1 atom stereocenters. The smallest absolute Gasteiger partial charge is 0.134 e. The molecule has 1 aliphatic heterocycles. The van der Waals surface area contributed by atoms with Crippen molar-refractivity contribution in [2.45, 2.75) is 12.0 Å². The van der Waals surface area contributed by atoms with Crippen LogP contribution < -0.4 is 10.2 Å². The summed E-state index contributed by atoms with van der Waals surface area (Å²) in [6, 6.07) is 24.8. The van der Waals surface area contributed by atoms with E-state index in [-0.39, 0.29) is 5.37 Å². The fraction of sp³-hybridized carbons (Fsp3) is 0.0952. The molecule has 1 heterocycles. The first kappa shape index (κ1) is 18.8. The van der Waals surface area contributed by atoms with Crippen LogP contribution in [-0.4, -0.2) is 5.04 Å². The molecule has 27 heavy (non-hydrogen) atoms. The predicted octanol–water partition coefficient (Wildman–Crippen LogP) is 6.33. The van der Waals surface area contributed by atoms with Crippen LogP contribution in [0.25, 0.3) is 0 Å². The zero-order chi connectivity index (χ0) is 18.6. The third kappa shape index (κ3) is 4.67. The van der Waals surface area contributed by atoms with Gasteiger partial charge in [-0.2, -0.15) is 5.10 Å². The fourth-order valence-corrected chi connectivity index (χ4v) is 4.54. The van der Waals surface area contributed by atoms with Gasteiger partial charge in [-0.3, -0.25) is 5.43 Å². The van der Waals surface area contributed by atoms with Crippen LogP contribution in [0.4, 0.5) is 0 Å². The second-order valence-corrected chi connectivity index (χ2v) is 9.21. The monoisotopic (exact) mass is 550 g/mol. The molecule has 0 amide bonds. The number of nitrogens with zero attached hydrogens (tertiary/aromatic N) is 1. The van der Waals surface area contributed by atoms with Crippen LogP contribution >= 0.6 is 50.3 Å². The average Bonchev–Trinajstić information content (AvgIpc) is 3.19. The van der Waals surface area contributed by atoms with Crippen molar-refractivity contribution in [3.8, 4) is 5.75 Å². The molecule has 0 bridgehead atoms. The van der Waals surface area contributed by atoms with Crippen molar-refractivity contribution in [3.63, 3.8) is 0 Å². The Bertz CT molecular complexity index is 964.